The summed E-state index contributed by atoms with van der Waals surface area (Å²) in [5, 5.41) is 0. The quantitative estimate of drug-likeness (QED) is 0.632. The van der Waals surface area contributed by atoms with Gasteiger partial charge in [0.2, 0.25) is 0 Å². The monoisotopic (exact) mass is 190 g/mol. The molecule has 0 unspecified atom stereocenters. The number of nitrogen functional groups attached to an aromatic ring is 1. The molecule has 1 rings (SSSR count). The molecular weight excluding hydrogens is 187 g/mol. The van der Waals surface area contributed by atoms with E-state index in [9.17, 15) is 4.39 Å². The van der Waals surface area contributed by atoms with Gasteiger partial charge in [0.1, 0.15) is 10.4 Å². The number of hydrogen-bond donors (Lipinski definition) is 1. The van der Waals surface area contributed by atoms with Crippen LogP contribution in [-0.2, 0) is 0 Å². The molecule has 4 heteroatoms. The predicted molar refractivity (Wildman–Crippen MR) is 36.3 cm³/mol. The largest absolute Gasteiger partial charge is 0.384 e. The average Bonchev–Trinajstić information content (AvgIpc) is 1.80. The first-order chi connectivity index (χ1) is 4.20. The maximum Gasteiger partial charge on any atom is 0.156 e. The molecule has 0 atom stereocenters. The zero-order valence-electron chi connectivity index (χ0n) is 4.44. The average molecular weight is 191 g/mol. The van der Waals surface area contributed by atoms with Crippen LogP contribution in [0.5, 0.6) is 0 Å². The Morgan fingerprint density at radius 2 is 2.22 bits per heavy atom. The van der Waals surface area contributed by atoms with Crippen LogP contribution in [0.25, 0.3) is 0 Å². The lowest BCUT2D eigenvalue weighted by Crippen LogP contribution is -1.90. The SMILES string of the molecule is Nc1ccc(F)c(Br)n1. The highest BCUT2D eigenvalue weighted by molar-refractivity contribution is 9.10. The van der Waals surface area contributed by atoms with E-state index in [1.54, 1.807) is 0 Å². The summed E-state index contributed by atoms with van der Waals surface area (Å²) < 4.78 is 12.5. The number of pyridine rings is 1. The molecule has 0 radical (unpaired) electrons. The molecule has 0 aliphatic rings. The number of anilines is 1. The molecule has 9 heavy (non-hydrogen) atoms. The second kappa shape index (κ2) is 2.31. The van der Waals surface area contributed by atoms with E-state index in [1.807, 2.05) is 0 Å². The van der Waals surface area contributed by atoms with Crippen LogP contribution in [-0.4, -0.2) is 4.98 Å². The van der Waals surface area contributed by atoms with Gasteiger partial charge in [0.25, 0.3) is 0 Å². The van der Waals surface area contributed by atoms with E-state index >= 15 is 0 Å². The summed E-state index contributed by atoms with van der Waals surface area (Å²) in [6.07, 6.45) is 0. The van der Waals surface area contributed by atoms with E-state index in [4.69, 9.17) is 5.73 Å². The van der Waals surface area contributed by atoms with E-state index in [2.05, 4.69) is 20.9 Å². The Labute approximate surface area is 60.0 Å². The molecular formula is C5H4BrFN2. The van der Waals surface area contributed by atoms with Crippen molar-refractivity contribution in [2.24, 2.45) is 0 Å². The molecule has 0 aliphatic carbocycles. The number of rotatable bonds is 0. The Hall–Kier alpha value is -0.640. The van der Waals surface area contributed by atoms with E-state index < -0.39 is 5.82 Å². The van der Waals surface area contributed by atoms with Gasteiger partial charge in [-0.3, -0.25) is 0 Å². The summed E-state index contributed by atoms with van der Waals surface area (Å²) in [4.78, 5) is 3.59. The van der Waals surface area contributed by atoms with Crippen molar-refractivity contribution in [1.82, 2.24) is 4.98 Å². The fourth-order valence-corrected chi connectivity index (χ4v) is 0.768. The maximum atomic E-state index is 12.3. The fraction of sp³-hybridized carbons (Fsp3) is 0. The van der Waals surface area contributed by atoms with Gasteiger partial charge in [-0.2, -0.15) is 0 Å². The number of aromatic nitrogens is 1. The third kappa shape index (κ3) is 1.38. The summed E-state index contributed by atoms with van der Waals surface area (Å²) in [5.41, 5.74) is 5.22. The van der Waals surface area contributed by atoms with Crippen molar-refractivity contribution in [3.05, 3.63) is 22.6 Å². The van der Waals surface area contributed by atoms with Gasteiger partial charge in [-0.1, -0.05) is 0 Å². The highest BCUT2D eigenvalue weighted by Crippen LogP contribution is 2.12. The van der Waals surface area contributed by atoms with Crippen LogP contribution in [0.15, 0.2) is 16.7 Å². The van der Waals surface area contributed by atoms with Crippen molar-refractivity contribution in [3.63, 3.8) is 0 Å². The first-order valence-corrected chi connectivity index (χ1v) is 3.07. The summed E-state index contributed by atoms with van der Waals surface area (Å²) >= 11 is 2.88. The lowest BCUT2D eigenvalue weighted by molar-refractivity contribution is 0.613. The normalized spacial score (nSPS) is 9.56. The van der Waals surface area contributed by atoms with Gasteiger partial charge < -0.3 is 5.73 Å². The molecule has 0 bridgehead atoms. The fourth-order valence-electron chi connectivity index (χ4n) is 0.431. The van der Waals surface area contributed by atoms with Crippen molar-refractivity contribution in [2.75, 3.05) is 5.73 Å². The second-order valence-electron chi connectivity index (χ2n) is 1.51. The molecule has 2 nitrogen and oxygen atoms in total. The Morgan fingerprint density at radius 1 is 1.56 bits per heavy atom. The van der Waals surface area contributed by atoms with Crippen molar-refractivity contribution in [3.8, 4) is 0 Å². The van der Waals surface area contributed by atoms with Gasteiger partial charge in [-0.25, -0.2) is 9.37 Å². The minimum absolute atomic E-state index is 0.155. The van der Waals surface area contributed by atoms with Crippen molar-refractivity contribution in [1.29, 1.82) is 0 Å². The minimum atomic E-state index is -0.399. The summed E-state index contributed by atoms with van der Waals surface area (Å²) in [5.74, 6) is -0.0903. The number of nitrogens with zero attached hydrogens (tertiary/aromatic N) is 1. The Bertz CT molecular complexity index is 226. The molecule has 0 saturated heterocycles. The topological polar surface area (TPSA) is 38.9 Å². The van der Waals surface area contributed by atoms with Crippen LogP contribution in [0.3, 0.4) is 0 Å². The molecule has 1 aromatic heterocycles. The lowest BCUT2D eigenvalue weighted by atomic mass is 10.5. The van der Waals surface area contributed by atoms with Gasteiger partial charge >= 0.3 is 0 Å². The van der Waals surface area contributed by atoms with Gasteiger partial charge in [0.15, 0.2) is 5.82 Å². The standard InChI is InChI=1S/C5H4BrFN2/c6-5-3(7)1-2-4(8)9-5/h1-2H,(H2,8,9). The number of nitrogens with two attached hydrogens (primary N) is 1. The molecule has 0 aromatic carbocycles. The molecule has 0 spiro atoms. The van der Waals surface area contributed by atoms with Gasteiger partial charge in [0.05, 0.1) is 0 Å². The Balaban J connectivity index is 3.17. The molecule has 0 amide bonds. The highest BCUT2D eigenvalue weighted by atomic mass is 79.9. The van der Waals surface area contributed by atoms with Crippen LogP contribution < -0.4 is 5.73 Å². The first-order valence-electron chi connectivity index (χ1n) is 2.27. The van der Waals surface area contributed by atoms with Crippen LogP contribution in [0, 0.1) is 5.82 Å². The zero-order chi connectivity index (χ0) is 6.85. The van der Waals surface area contributed by atoms with E-state index in [0.717, 1.165) is 0 Å². The van der Waals surface area contributed by atoms with Crippen LogP contribution >= 0.6 is 15.9 Å². The van der Waals surface area contributed by atoms with Gasteiger partial charge in [-0.15, -0.1) is 0 Å². The van der Waals surface area contributed by atoms with Crippen molar-refractivity contribution >= 4 is 21.7 Å². The minimum Gasteiger partial charge on any atom is -0.384 e. The molecule has 0 aliphatic heterocycles. The van der Waals surface area contributed by atoms with E-state index in [1.165, 1.54) is 12.1 Å². The van der Waals surface area contributed by atoms with Crippen LogP contribution in [0.2, 0.25) is 0 Å². The van der Waals surface area contributed by atoms with Gasteiger partial charge in [0, 0.05) is 0 Å². The van der Waals surface area contributed by atoms with Crippen LogP contribution in [0.1, 0.15) is 0 Å². The lowest BCUT2D eigenvalue weighted by Gasteiger charge is -1.92. The Morgan fingerprint density at radius 3 is 2.67 bits per heavy atom. The molecule has 1 aromatic rings. The highest BCUT2D eigenvalue weighted by Gasteiger charge is 1.97. The summed E-state index contributed by atoms with van der Waals surface area (Å²) in [6, 6.07) is 2.66. The maximum absolute atomic E-state index is 12.3. The van der Waals surface area contributed by atoms with Crippen LogP contribution in [0.4, 0.5) is 10.2 Å². The number of halogens is 2. The summed E-state index contributed by atoms with van der Waals surface area (Å²) in [6.45, 7) is 0. The molecule has 1 heterocycles. The number of hydrogen-bond acceptors (Lipinski definition) is 2. The van der Waals surface area contributed by atoms with Gasteiger partial charge in [-0.05, 0) is 28.1 Å². The molecule has 0 fully saturated rings. The molecule has 0 saturated carbocycles. The second-order valence-corrected chi connectivity index (χ2v) is 2.26. The van der Waals surface area contributed by atoms with E-state index in [0.29, 0.717) is 5.82 Å². The van der Waals surface area contributed by atoms with E-state index in [-0.39, 0.29) is 4.60 Å². The molecule has 2 N–H and O–H groups in total. The predicted octanol–water partition coefficient (Wildman–Crippen LogP) is 1.57. The Kier molecular flexibility index (Phi) is 1.66. The third-order valence-electron chi connectivity index (χ3n) is 0.825. The van der Waals surface area contributed by atoms with Crippen molar-refractivity contribution < 1.29 is 4.39 Å². The van der Waals surface area contributed by atoms with Crippen molar-refractivity contribution in [2.45, 2.75) is 0 Å². The third-order valence-corrected chi connectivity index (χ3v) is 1.38. The zero-order valence-corrected chi connectivity index (χ0v) is 6.02. The first kappa shape index (κ1) is 6.48. The summed E-state index contributed by atoms with van der Waals surface area (Å²) in [7, 11) is 0. The molecule has 48 valence electrons. The smallest absolute Gasteiger partial charge is 0.156 e.